The Morgan fingerprint density at radius 2 is 2.42 bits per heavy atom. The number of carbonyl (C=O) groups excluding carboxylic acids is 1. The van der Waals surface area contributed by atoms with Crippen molar-refractivity contribution < 1.29 is 13.9 Å². The number of carbonyl (C=O) groups is 1. The molecule has 1 fully saturated rings. The van der Waals surface area contributed by atoms with Gasteiger partial charge in [0.15, 0.2) is 0 Å². The van der Waals surface area contributed by atoms with Gasteiger partial charge < -0.3 is 15.4 Å². The van der Waals surface area contributed by atoms with Gasteiger partial charge in [0, 0.05) is 19.6 Å². The highest BCUT2D eigenvalue weighted by atomic mass is 35.5. The van der Waals surface area contributed by atoms with Crippen LogP contribution in [0.15, 0.2) is 12.1 Å². The standard InChI is InChI=1S/C13H16ClFN2O2/c1-8-4-11(14)10(5-12(8)15)13(18)17-7-9-6-16-2-3-19-9/h4-5,9,16H,2-3,6-7H2,1H3,(H,17,18). The summed E-state index contributed by atoms with van der Waals surface area (Å²) in [5.41, 5.74) is 0.565. The molecule has 1 heterocycles. The highest BCUT2D eigenvalue weighted by molar-refractivity contribution is 6.33. The van der Waals surface area contributed by atoms with E-state index < -0.39 is 11.7 Å². The number of morpholine rings is 1. The second-order valence-corrected chi connectivity index (χ2v) is 4.90. The molecule has 1 aromatic carbocycles. The Labute approximate surface area is 116 Å². The molecule has 2 rings (SSSR count). The third kappa shape index (κ3) is 3.65. The summed E-state index contributed by atoms with van der Waals surface area (Å²) in [6, 6.07) is 2.61. The number of ether oxygens (including phenoxy) is 1. The average molecular weight is 287 g/mol. The molecule has 0 aromatic heterocycles. The maximum Gasteiger partial charge on any atom is 0.252 e. The average Bonchev–Trinajstić information content (AvgIpc) is 2.41. The summed E-state index contributed by atoms with van der Waals surface area (Å²) in [4.78, 5) is 11.9. The normalized spacial score (nSPS) is 19.2. The summed E-state index contributed by atoms with van der Waals surface area (Å²) in [6.45, 7) is 4.11. The van der Waals surface area contributed by atoms with Gasteiger partial charge in [-0.2, -0.15) is 0 Å². The topological polar surface area (TPSA) is 50.4 Å². The third-order valence-corrected chi connectivity index (χ3v) is 3.30. The highest BCUT2D eigenvalue weighted by Crippen LogP contribution is 2.20. The van der Waals surface area contributed by atoms with Crippen LogP contribution in [-0.4, -0.2) is 38.3 Å². The van der Waals surface area contributed by atoms with Crippen molar-refractivity contribution in [3.63, 3.8) is 0 Å². The smallest absolute Gasteiger partial charge is 0.252 e. The number of nitrogens with one attached hydrogen (secondary N) is 2. The Bertz CT molecular complexity index is 476. The molecular weight excluding hydrogens is 271 g/mol. The first-order chi connectivity index (χ1) is 9.08. The van der Waals surface area contributed by atoms with Crippen LogP contribution in [0.4, 0.5) is 4.39 Å². The third-order valence-electron chi connectivity index (χ3n) is 2.99. The van der Waals surface area contributed by atoms with Crippen molar-refractivity contribution in [3.05, 3.63) is 34.1 Å². The zero-order chi connectivity index (χ0) is 13.8. The predicted molar refractivity (Wildman–Crippen MR) is 71.1 cm³/mol. The Morgan fingerprint density at radius 3 is 3.11 bits per heavy atom. The second kappa shape index (κ2) is 6.32. The summed E-state index contributed by atoms with van der Waals surface area (Å²) in [5.74, 6) is -0.830. The minimum atomic E-state index is -0.440. The van der Waals surface area contributed by atoms with Gasteiger partial charge in [-0.3, -0.25) is 4.79 Å². The van der Waals surface area contributed by atoms with Crippen molar-refractivity contribution in [1.29, 1.82) is 0 Å². The number of rotatable bonds is 3. The van der Waals surface area contributed by atoms with E-state index in [1.807, 2.05) is 0 Å². The van der Waals surface area contributed by atoms with Gasteiger partial charge >= 0.3 is 0 Å². The summed E-state index contributed by atoms with van der Waals surface area (Å²) in [5, 5.41) is 6.11. The molecule has 1 saturated heterocycles. The molecule has 1 atom stereocenters. The van der Waals surface area contributed by atoms with Crippen molar-refractivity contribution in [2.45, 2.75) is 13.0 Å². The Kier molecular flexibility index (Phi) is 4.74. The van der Waals surface area contributed by atoms with E-state index in [0.29, 0.717) is 25.3 Å². The molecule has 1 aliphatic heterocycles. The van der Waals surface area contributed by atoms with Crippen LogP contribution in [0.5, 0.6) is 0 Å². The van der Waals surface area contributed by atoms with Gasteiger partial charge in [0.2, 0.25) is 0 Å². The van der Waals surface area contributed by atoms with Crippen LogP contribution in [0.1, 0.15) is 15.9 Å². The number of halogens is 2. The molecule has 0 bridgehead atoms. The van der Waals surface area contributed by atoms with E-state index in [0.717, 1.165) is 12.6 Å². The molecule has 1 amide bonds. The van der Waals surface area contributed by atoms with Crippen LogP contribution in [-0.2, 0) is 4.74 Å². The molecule has 1 aliphatic rings. The number of hydrogen-bond donors (Lipinski definition) is 2. The van der Waals surface area contributed by atoms with Gasteiger partial charge in [-0.1, -0.05) is 11.6 Å². The highest BCUT2D eigenvalue weighted by Gasteiger charge is 2.17. The molecule has 4 nitrogen and oxygen atoms in total. The molecule has 1 aromatic rings. The van der Waals surface area contributed by atoms with Crippen molar-refractivity contribution in [1.82, 2.24) is 10.6 Å². The lowest BCUT2D eigenvalue weighted by molar-refractivity contribution is 0.0287. The van der Waals surface area contributed by atoms with Gasteiger partial charge in [-0.25, -0.2) is 4.39 Å². The van der Waals surface area contributed by atoms with Gasteiger partial charge in [0.1, 0.15) is 5.82 Å². The Hall–Kier alpha value is -1.17. The lowest BCUT2D eigenvalue weighted by Gasteiger charge is -2.23. The fourth-order valence-electron chi connectivity index (χ4n) is 1.87. The molecule has 2 N–H and O–H groups in total. The van der Waals surface area contributed by atoms with Crippen LogP contribution in [0.3, 0.4) is 0 Å². The number of hydrogen-bond acceptors (Lipinski definition) is 3. The van der Waals surface area contributed by atoms with Gasteiger partial charge in [-0.05, 0) is 24.6 Å². The summed E-state index contributed by atoms with van der Waals surface area (Å²) in [7, 11) is 0. The van der Waals surface area contributed by atoms with Crippen molar-refractivity contribution >= 4 is 17.5 Å². The van der Waals surface area contributed by atoms with E-state index in [2.05, 4.69) is 10.6 Å². The zero-order valence-electron chi connectivity index (χ0n) is 10.6. The maximum atomic E-state index is 13.4. The van der Waals surface area contributed by atoms with Crippen LogP contribution in [0, 0.1) is 12.7 Å². The molecule has 0 spiro atoms. The number of amides is 1. The van der Waals surface area contributed by atoms with Gasteiger partial charge in [0.25, 0.3) is 5.91 Å². The van der Waals surface area contributed by atoms with E-state index >= 15 is 0 Å². The lowest BCUT2D eigenvalue weighted by Crippen LogP contribution is -2.45. The first-order valence-corrected chi connectivity index (χ1v) is 6.52. The van der Waals surface area contributed by atoms with Crippen molar-refractivity contribution in [2.75, 3.05) is 26.2 Å². The van der Waals surface area contributed by atoms with Crippen LogP contribution in [0.2, 0.25) is 5.02 Å². The van der Waals surface area contributed by atoms with E-state index in [1.54, 1.807) is 6.92 Å². The van der Waals surface area contributed by atoms with E-state index in [1.165, 1.54) is 6.07 Å². The SMILES string of the molecule is Cc1cc(Cl)c(C(=O)NCC2CNCCO2)cc1F. The maximum absolute atomic E-state index is 13.4. The molecule has 0 aliphatic carbocycles. The molecular formula is C13H16ClFN2O2. The van der Waals surface area contributed by atoms with E-state index in [-0.39, 0.29) is 16.7 Å². The monoisotopic (exact) mass is 286 g/mol. The summed E-state index contributed by atoms with van der Waals surface area (Å²) < 4.78 is 18.9. The number of aryl methyl sites for hydroxylation is 1. The zero-order valence-corrected chi connectivity index (χ0v) is 11.4. The van der Waals surface area contributed by atoms with E-state index in [4.69, 9.17) is 16.3 Å². The Balaban J connectivity index is 1.97. The molecule has 19 heavy (non-hydrogen) atoms. The fraction of sp³-hybridized carbons (Fsp3) is 0.462. The predicted octanol–water partition coefficient (Wildman–Crippen LogP) is 1.51. The van der Waals surface area contributed by atoms with Crippen molar-refractivity contribution in [2.24, 2.45) is 0 Å². The first kappa shape index (κ1) is 14.2. The quantitative estimate of drug-likeness (QED) is 0.885. The lowest BCUT2D eigenvalue weighted by atomic mass is 10.1. The molecule has 104 valence electrons. The minimum Gasteiger partial charge on any atom is -0.374 e. The second-order valence-electron chi connectivity index (χ2n) is 4.49. The van der Waals surface area contributed by atoms with E-state index in [9.17, 15) is 9.18 Å². The first-order valence-electron chi connectivity index (χ1n) is 6.14. The van der Waals surface area contributed by atoms with Crippen molar-refractivity contribution in [3.8, 4) is 0 Å². The molecule has 0 radical (unpaired) electrons. The molecule has 6 heteroatoms. The minimum absolute atomic E-state index is 0.0632. The fourth-order valence-corrected chi connectivity index (χ4v) is 2.18. The molecule has 1 unspecified atom stereocenters. The van der Waals surface area contributed by atoms with Crippen LogP contribution in [0.25, 0.3) is 0 Å². The van der Waals surface area contributed by atoms with Gasteiger partial charge in [-0.15, -0.1) is 0 Å². The summed E-state index contributed by atoms with van der Waals surface area (Å²) in [6.07, 6.45) is -0.0632. The molecule has 0 saturated carbocycles. The number of benzene rings is 1. The van der Waals surface area contributed by atoms with Crippen LogP contribution >= 0.6 is 11.6 Å². The largest absolute Gasteiger partial charge is 0.374 e. The Morgan fingerprint density at radius 1 is 1.63 bits per heavy atom. The summed E-state index contributed by atoms with van der Waals surface area (Å²) >= 11 is 5.95. The van der Waals surface area contributed by atoms with Gasteiger partial charge in [0.05, 0.1) is 23.3 Å². The van der Waals surface area contributed by atoms with Crippen LogP contribution < -0.4 is 10.6 Å².